The number of aliphatic imine (C=N–C) groups is 1. The number of thioether (sulfide) groups is 1. The van der Waals surface area contributed by atoms with Gasteiger partial charge in [0, 0.05) is 14.1 Å². The van der Waals surface area contributed by atoms with Gasteiger partial charge in [0.15, 0.2) is 5.17 Å². The van der Waals surface area contributed by atoms with Gasteiger partial charge in [-0.25, -0.2) is 4.98 Å². The summed E-state index contributed by atoms with van der Waals surface area (Å²) in [5, 5.41) is 3.94. The molecule has 16 heavy (non-hydrogen) atoms. The van der Waals surface area contributed by atoms with Crippen LogP contribution in [0.25, 0.3) is 11.0 Å². The fraction of sp³-hybridized carbons (Fsp3) is 0.273. The lowest BCUT2D eigenvalue weighted by atomic mass is 10.3. The van der Waals surface area contributed by atoms with Crippen molar-refractivity contribution in [2.45, 2.75) is 5.75 Å². The van der Waals surface area contributed by atoms with Gasteiger partial charge in [-0.2, -0.15) is 0 Å². The van der Waals surface area contributed by atoms with E-state index >= 15 is 0 Å². The van der Waals surface area contributed by atoms with Gasteiger partial charge in [-0.15, -0.1) is 0 Å². The molecule has 0 saturated carbocycles. The zero-order valence-corrected chi connectivity index (χ0v) is 10.1. The number of para-hydroxylation sites is 2. The number of aromatic amines is 1. The van der Waals surface area contributed by atoms with Gasteiger partial charge in [-0.1, -0.05) is 23.9 Å². The summed E-state index contributed by atoms with van der Waals surface area (Å²) in [6.45, 7) is 0. The molecule has 5 heteroatoms. The molecule has 1 aromatic carbocycles. The van der Waals surface area contributed by atoms with Crippen LogP contribution in [0.1, 0.15) is 5.82 Å². The SMILES string of the molecule is CN=C(NC)SCc1nc2ccccc2[nH]1. The molecule has 0 unspecified atom stereocenters. The van der Waals surface area contributed by atoms with Gasteiger partial charge in [0.05, 0.1) is 16.8 Å². The van der Waals surface area contributed by atoms with Crippen molar-refractivity contribution in [3.8, 4) is 0 Å². The van der Waals surface area contributed by atoms with Crippen LogP contribution in [-0.4, -0.2) is 29.2 Å². The molecule has 2 rings (SSSR count). The quantitative estimate of drug-likeness (QED) is 0.617. The average molecular weight is 234 g/mol. The summed E-state index contributed by atoms with van der Waals surface area (Å²) in [5.74, 6) is 1.77. The zero-order chi connectivity index (χ0) is 11.4. The number of nitrogens with zero attached hydrogens (tertiary/aromatic N) is 2. The van der Waals surface area contributed by atoms with Gasteiger partial charge in [0.25, 0.3) is 0 Å². The zero-order valence-electron chi connectivity index (χ0n) is 9.32. The second-order valence-electron chi connectivity index (χ2n) is 3.27. The number of nitrogens with one attached hydrogen (secondary N) is 2. The van der Waals surface area contributed by atoms with Crippen LogP contribution < -0.4 is 5.32 Å². The molecule has 0 atom stereocenters. The largest absolute Gasteiger partial charge is 0.368 e. The molecule has 84 valence electrons. The van der Waals surface area contributed by atoms with Crippen molar-refractivity contribution in [2.75, 3.05) is 14.1 Å². The van der Waals surface area contributed by atoms with E-state index in [1.54, 1.807) is 18.8 Å². The molecule has 2 N–H and O–H groups in total. The van der Waals surface area contributed by atoms with Gasteiger partial charge >= 0.3 is 0 Å². The molecule has 0 aliphatic rings. The molecule has 0 amide bonds. The van der Waals surface area contributed by atoms with Crippen molar-refractivity contribution in [3.63, 3.8) is 0 Å². The first-order valence-corrected chi connectivity index (χ1v) is 6.03. The number of rotatable bonds is 2. The summed E-state index contributed by atoms with van der Waals surface area (Å²) in [6.07, 6.45) is 0. The highest BCUT2D eigenvalue weighted by molar-refractivity contribution is 8.13. The monoisotopic (exact) mass is 234 g/mol. The highest BCUT2D eigenvalue weighted by Gasteiger charge is 2.03. The third-order valence-corrected chi connectivity index (χ3v) is 3.28. The molecular formula is C11H14N4S. The smallest absolute Gasteiger partial charge is 0.156 e. The number of fused-ring (bicyclic) bond motifs is 1. The van der Waals surface area contributed by atoms with Crippen molar-refractivity contribution in [1.82, 2.24) is 15.3 Å². The molecule has 0 aliphatic heterocycles. The highest BCUT2D eigenvalue weighted by atomic mass is 32.2. The minimum Gasteiger partial charge on any atom is -0.368 e. The Morgan fingerprint density at radius 1 is 1.50 bits per heavy atom. The maximum atomic E-state index is 4.49. The number of aromatic nitrogens is 2. The molecule has 0 spiro atoms. The second kappa shape index (κ2) is 5.03. The molecular weight excluding hydrogens is 220 g/mol. The second-order valence-corrected chi connectivity index (χ2v) is 4.23. The van der Waals surface area contributed by atoms with Crippen LogP contribution in [-0.2, 0) is 5.75 Å². The Bertz CT molecular complexity index is 470. The molecule has 0 fully saturated rings. The van der Waals surface area contributed by atoms with E-state index < -0.39 is 0 Å². The van der Waals surface area contributed by atoms with Crippen molar-refractivity contribution >= 4 is 28.0 Å². The van der Waals surface area contributed by atoms with Crippen molar-refractivity contribution in [2.24, 2.45) is 4.99 Å². The van der Waals surface area contributed by atoms with E-state index in [9.17, 15) is 0 Å². The first-order valence-electron chi connectivity index (χ1n) is 5.04. The number of hydrogen-bond donors (Lipinski definition) is 2. The summed E-state index contributed by atoms with van der Waals surface area (Å²) in [5.41, 5.74) is 2.09. The summed E-state index contributed by atoms with van der Waals surface area (Å²) < 4.78 is 0. The van der Waals surface area contributed by atoms with Crippen LogP contribution >= 0.6 is 11.8 Å². The fourth-order valence-corrected chi connectivity index (χ4v) is 2.14. The number of benzene rings is 1. The third-order valence-electron chi connectivity index (χ3n) is 2.20. The lowest BCUT2D eigenvalue weighted by molar-refractivity contribution is 1.14. The fourth-order valence-electron chi connectivity index (χ4n) is 1.46. The molecule has 1 heterocycles. The Hall–Kier alpha value is -1.49. The predicted octanol–water partition coefficient (Wildman–Crippen LogP) is 2.00. The van der Waals surface area contributed by atoms with Gasteiger partial charge in [-0.05, 0) is 12.1 Å². The van der Waals surface area contributed by atoms with Crippen LogP contribution in [0.5, 0.6) is 0 Å². The minimum atomic E-state index is 0.794. The summed E-state index contributed by atoms with van der Waals surface area (Å²) >= 11 is 1.64. The topological polar surface area (TPSA) is 53.1 Å². The molecule has 0 bridgehead atoms. The Balaban J connectivity index is 2.10. The summed E-state index contributed by atoms with van der Waals surface area (Å²) in [6, 6.07) is 8.03. The standard InChI is InChI=1S/C11H14N4S/c1-12-11(13-2)16-7-10-14-8-5-3-4-6-9(8)15-10/h3-6H,7H2,1-2H3,(H,12,13)(H,14,15). The highest BCUT2D eigenvalue weighted by Crippen LogP contribution is 2.15. The van der Waals surface area contributed by atoms with Crippen LogP contribution in [0.4, 0.5) is 0 Å². The van der Waals surface area contributed by atoms with E-state index in [1.807, 2.05) is 31.3 Å². The number of hydrogen-bond acceptors (Lipinski definition) is 3. The molecule has 0 saturated heterocycles. The Labute approximate surface area is 98.6 Å². The third kappa shape index (κ3) is 2.36. The lowest BCUT2D eigenvalue weighted by Crippen LogP contribution is -2.14. The number of H-pyrrole nitrogens is 1. The van der Waals surface area contributed by atoms with E-state index in [0.29, 0.717) is 0 Å². The predicted molar refractivity (Wildman–Crippen MR) is 69.8 cm³/mol. The minimum absolute atomic E-state index is 0.794. The van der Waals surface area contributed by atoms with E-state index in [4.69, 9.17) is 0 Å². The first kappa shape index (κ1) is 11.0. The maximum absolute atomic E-state index is 4.49. The molecule has 1 aromatic heterocycles. The van der Waals surface area contributed by atoms with Crippen LogP contribution in [0.3, 0.4) is 0 Å². The van der Waals surface area contributed by atoms with Crippen molar-refractivity contribution in [3.05, 3.63) is 30.1 Å². The molecule has 2 aromatic rings. The van der Waals surface area contributed by atoms with Crippen molar-refractivity contribution < 1.29 is 0 Å². The number of amidine groups is 1. The Kier molecular flexibility index (Phi) is 3.46. The molecule has 0 aliphatic carbocycles. The van der Waals surface area contributed by atoms with Crippen molar-refractivity contribution in [1.29, 1.82) is 0 Å². The van der Waals surface area contributed by atoms with E-state index in [-0.39, 0.29) is 0 Å². The van der Waals surface area contributed by atoms with E-state index in [1.165, 1.54) is 0 Å². The molecule has 0 radical (unpaired) electrons. The van der Waals surface area contributed by atoms with Crippen LogP contribution in [0.2, 0.25) is 0 Å². The van der Waals surface area contributed by atoms with Gasteiger partial charge in [0.2, 0.25) is 0 Å². The van der Waals surface area contributed by atoms with E-state index in [2.05, 4.69) is 20.3 Å². The van der Waals surface area contributed by atoms with E-state index in [0.717, 1.165) is 27.8 Å². The Morgan fingerprint density at radius 3 is 3.00 bits per heavy atom. The Morgan fingerprint density at radius 2 is 2.31 bits per heavy atom. The normalized spacial score (nSPS) is 12.0. The lowest BCUT2D eigenvalue weighted by Gasteiger charge is -2.01. The van der Waals surface area contributed by atoms with Gasteiger partial charge in [0.1, 0.15) is 5.82 Å². The van der Waals surface area contributed by atoms with Crippen LogP contribution in [0.15, 0.2) is 29.3 Å². The average Bonchev–Trinajstić information content (AvgIpc) is 2.73. The summed E-state index contributed by atoms with van der Waals surface area (Å²) in [7, 11) is 3.64. The number of imidazole rings is 1. The van der Waals surface area contributed by atoms with Crippen LogP contribution in [0, 0.1) is 0 Å². The summed E-state index contributed by atoms with van der Waals surface area (Å²) in [4.78, 5) is 11.9. The van der Waals surface area contributed by atoms with Gasteiger partial charge in [-0.3, -0.25) is 4.99 Å². The first-order chi connectivity index (χ1) is 7.83. The maximum Gasteiger partial charge on any atom is 0.156 e. The molecule has 4 nitrogen and oxygen atoms in total. The van der Waals surface area contributed by atoms with Gasteiger partial charge < -0.3 is 10.3 Å².